The first-order valence-corrected chi connectivity index (χ1v) is 8.89. The highest BCUT2D eigenvalue weighted by atomic mass is 32.2. The van der Waals surface area contributed by atoms with Crippen molar-refractivity contribution in [2.45, 2.75) is 11.4 Å². The Balaban J connectivity index is 1.75. The van der Waals surface area contributed by atoms with Crippen LogP contribution in [-0.4, -0.2) is 8.42 Å². The molecule has 0 bridgehead atoms. The molecular weight excluding hydrogens is 344 g/mol. The van der Waals surface area contributed by atoms with Crippen LogP contribution in [-0.2, 0) is 16.6 Å². The number of benzene rings is 1. The van der Waals surface area contributed by atoms with E-state index < -0.39 is 26.6 Å². The lowest BCUT2D eigenvalue weighted by molar-refractivity contribution is 0.506. The maximum atomic E-state index is 13.6. The van der Waals surface area contributed by atoms with Crippen LogP contribution in [0.4, 0.5) is 8.78 Å². The second-order valence-corrected chi connectivity index (χ2v) is 7.33. The third-order valence-electron chi connectivity index (χ3n) is 3.05. The van der Waals surface area contributed by atoms with Gasteiger partial charge in [0.15, 0.2) is 0 Å². The van der Waals surface area contributed by atoms with Crippen LogP contribution in [0.1, 0.15) is 5.76 Å². The largest absolute Gasteiger partial charge is 0.459 e. The number of nitrogens with one attached hydrogen (secondary N) is 1. The lowest BCUT2D eigenvalue weighted by Gasteiger charge is -2.06. The zero-order chi connectivity index (χ0) is 16.4. The SMILES string of the molecule is O=S(=O)(NCc1ccc(-c2cccs2)o1)c1ccc(F)cc1F. The summed E-state index contributed by atoms with van der Waals surface area (Å²) in [6, 6.07) is 9.42. The Morgan fingerprint density at radius 2 is 1.96 bits per heavy atom. The number of rotatable bonds is 5. The van der Waals surface area contributed by atoms with Crippen LogP contribution < -0.4 is 4.72 Å². The van der Waals surface area contributed by atoms with Gasteiger partial charge < -0.3 is 4.42 Å². The highest BCUT2D eigenvalue weighted by molar-refractivity contribution is 7.89. The summed E-state index contributed by atoms with van der Waals surface area (Å²) in [5.41, 5.74) is 0. The third kappa shape index (κ3) is 3.49. The van der Waals surface area contributed by atoms with Gasteiger partial charge in [-0.2, -0.15) is 0 Å². The number of thiophene rings is 1. The molecule has 0 aliphatic heterocycles. The second kappa shape index (κ2) is 6.23. The Morgan fingerprint density at radius 3 is 2.65 bits per heavy atom. The molecule has 0 saturated carbocycles. The van der Waals surface area contributed by atoms with Crippen molar-refractivity contribution in [2.75, 3.05) is 0 Å². The van der Waals surface area contributed by atoms with Gasteiger partial charge in [0, 0.05) is 6.07 Å². The van der Waals surface area contributed by atoms with Crippen LogP contribution in [0.3, 0.4) is 0 Å². The zero-order valence-corrected chi connectivity index (χ0v) is 13.3. The van der Waals surface area contributed by atoms with Crippen molar-refractivity contribution in [2.24, 2.45) is 0 Å². The Morgan fingerprint density at radius 1 is 1.13 bits per heavy atom. The predicted molar refractivity (Wildman–Crippen MR) is 82.4 cm³/mol. The minimum absolute atomic E-state index is 0.134. The van der Waals surface area contributed by atoms with Gasteiger partial charge in [-0.15, -0.1) is 11.3 Å². The molecule has 0 unspecified atom stereocenters. The molecule has 0 aliphatic carbocycles. The minimum atomic E-state index is -4.10. The number of hydrogen-bond donors (Lipinski definition) is 1. The quantitative estimate of drug-likeness (QED) is 0.758. The first-order chi connectivity index (χ1) is 11.0. The summed E-state index contributed by atoms with van der Waals surface area (Å²) in [5, 5.41) is 1.90. The standard InChI is InChI=1S/C15H11F2NO3S2/c16-10-3-6-15(12(17)8-10)23(19,20)18-9-11-4-5-13(21-11)14-2-1-7-22-14/h1-8,18H,9H2. The van der Waals surface area contributed by atoms with Crippen LogP contribution >= 0.6 is 11.3 Å². The normalized spacial score (nSPS) is 11.7. The Kier molecular flexibility index (Phi) is 4.29. The molecular formula is C15H11F2NO3S2. The van der Waals surface area contributed by atoms with Gasteiger partial charge in [0.2, 0.25) is 10.0 Å². The molecule has 0 fully saturated rings. The second-order valence-electron chi connectivity index (χ2n) is 4.64. The molecule has 1 aromatic carbocycles. The van der Waals surface area contributed by atoms with Crippen LogP contribution in [0.2, 0.25) is 0 Å². The number of sulfonamides is 1. The monoisotopic (exact) mass is 355 g/mol. The lowest BCUT2D eigenvalue weighted by atomic mass is 10.3. The van der Waals surface area contributed by atoms with E-state index in [1.54, 1.807) is 12.1 Å². The van der Waals surface area contributed by atoms with E-state index in [1.807, 2.05) is 17.5 Å². The minimum Gasteiger partial charge on any atom is -0.459 e. The average Bonchev–Trinajstić information content (AvgIpc) is 3.16. The summed E-state index contributed by atoms with van der Waals surface area (Å²) >= 11 is 1.50. The smallest absolute Gasteiger partial charge is 0.243 e. The summed E-state index contributed by atoms with van der Waals surface area (Å²) in [6.07, 6.45) is 0. The maximum Gasteiger partial charge on any atom is 0.243 e. The predicted octanol–water partition coefficient (Wildman–Crippen LogP) is 3.76. The van der Waals surface area contributed by atoms with Crippen molar-refractivity contribution in [3.05, 3.63) is 65.2 Å². The molecule has 1 N–H and O–H groups in total. The summed E-state index contributed by atoms with van der Waals surface area (Å²) < 4.78 is 58.3. The van der Waals surface area contributed by atoms with E-state index in [0.29, 0.717) is 17.6 Å². The van der Waals surface area contributed by atoms with E-state index >= 15 is 0 Å². The van der Waals surface area contributed by atoms with Gasteiger partial charge in [-0.05, 0) is 35.7 Å². The van der Waals surface area contributed by atoms with E-state index in [0.717, 1.165) is 17.0 Å². The molecule has 4 nitrogen and oxygen atoms in total. The average molecular weight is 355 g/mol. The molecule has 0 radical (unpaired) electrons. The summed E-state index contributed by atoms with van der Waals surface area (Å²) in [5.74, 6) is -0.967. The van der Waals surface area contributed by atoms with E-state index in [9.17, 15) is 17.2 Å². The topological polar surface area (TPSA) is 59.3 Å². The summed E-state index contributed by atoms with van der Waals surface area (Å²) in [6.45, 7) is -0.134. The highest BCUT2D eigenvalue weighted by Gasteiger charge is 2.20. The van der Waals surface area contributed by atoms with Crippen LogP contribution in [0, 0.1) is 11.6 Å². The van der Waals surface area contributed by atoms with Gasteiger partial charge in [0.05, 0.1) is 11.4 Å². The van der Waals surface area contributed by atoms with E-state index in [2.05, 4.69) is 4.72 Å². The van der Waals surface area contributed by atoms with Crippen LogP contribution in [0.5, 0.6) is 0 Å². The molecule has 120 valence electrons. The first-order valence-electron chi connectivity index (χ1n) is 6.53. The molecule has 0 aliphatic rings. The summed E-state index contributed by atoms with van der Waals surface area (Å²) in [7, 11) is -4.10. The van der Waals surface area contributed by atoms with E-state index in [1.165, 1.54) is 11.3 Å². The fraction of sp³-hybridized carbons (Fsp3) is 0.0667. The van der Waals surface area contributed by atoms with E-state index in [-0.39, 0.29) is 6.54 Å². The van der Waals surface area contributed by atoms with Crippen molar-refractivity contribution in [1.29, 1.82) is 0 Å². The van der Waals surface area contributed by atoms with E-state index in [4.69, 9.17) is 4.42 Å². The van der Waals surface area contributed by atoms with Crippen molar-refractivity contribution in [3.63, 3.8) is 0 Å². The van der Waals surface area contributed by atoms with Gasteiger partial charge in [-0.3, -0.25) is 0 Å². The van der Waals surface area contributed by atoms with Crippen molar-refractivity contribution < 1.29 is 21.6 Å². The van der Waals surface area contributed by atoms with Gasteiger partial charge in [-0.25, -0.2) is 21.9 Å². The molecule has 3 aromatic rings. The highest BCUT2D eigenvalue weighted by Crippen LogP contribution is 2.26. The van der Waals surface area contributed by atoms with Crippen molar-refractivity contribution in [3.8, 4) is 10.6 Å². The van der Waals surface area contributed by atoms with Crippen LogP contribution in [0.25, 0.3) is 10.6 Å². The molecule has 0 saturated heterocycles. The van der Waals surface area contributed by atoms with Crippen molar-refractivity contribution in [1.82, 2.24) is 4.72 Å². The first kappa shape index (κ1) is 15.9. The molecule has 2 heterocycles. The number of furan rings is 1. The zero-order valence-electron chi connectivity index (χ0n) is 11.6. The maximum absolute atomic E-state index is 13.6. The fourth-order valence-electron chi connectivity index (χ4n) is 1.96. The lowest BCUT2D eigenvalue weighted by Crippen LogP contribution is -2.24. The van der Waals surface area contributed by atoms with Crippen molar-refractivity contribution >= 4 is 21.4 Å². The van der Waals surface area contributed by atoms with Gasteiger partial charge in [0.25, 0.3) is 0 Å². The molecule has 0 spiro atoms. The number of halogens is 2. The molecule has 0 atom stereocenters. The molecule has 0 amide bonds. The van der Waals surface area contributed by atoms with Crippen LogP contribution in [0.15, 0.2) is 57.2 Å². The number of hydrogen-bond acceptors (Lipinski definition) is 4. The molecule has 2 aromatic heterocycles. The fourth-order valence-corrected chi connectivity index (χ4v) is 3.70. The van der Waals surface area contributed by atoms with Gasteiger partial charge >= 0.3 is 0 Å². The molecule has 23 heavy (non-hydrogen) atoms. The molecule has 8 heteroatoms. The Labute approximate surface area is 135 Å². The third-order valence-corrected chi connectivity index (χ3v) is 5.36. The Hall–Kier alpha value is -2.03. The van der Waals surface area contributed by atoms with Gasteiger partial charge in [0.1, 0.15) is 28.1 Å². The summed E-state index contributed by atoms with van der Waals surface area (Å²) in [4.78, 5) is 0.313. The molecule has 3 rings (SSSR count). The Bertz CT molecular complexity index is 918. The van der Waals surface area contributed by atoms with Gasteiger partial charge in [-0.1, -0.05) is 6.07 Å².